The van der Waals surface area contributed by atoms with Crippen molar-refractivity contribution in [1.82, 2.24) is 4.98 Å². The maximum absolute atomic E-state index is 14.5. The molecule has 5 aromatic rings. The molecule has 0 saturated carbocycles. The van der Waals surface area contributed by atoms with Crippen LogP contribution in [-0.2, 0) is 25.8 Å². The fourth-order valence-corrected chi connectivity index (χ4v) is 5.24. The molecule has 0 atom stereocenters. The number of hydrogen-bond donors (Lipinski definition) is 1. The molecule has 0 aliphatic heterocycles. The highest BCUT2D eigenvalue weighted by molar-refractivity contribution is 5.96. The molecule has 46 heavy (non-hydrogen) atoms. The number of ether oxygens (including phenoxy) is 5. The van der Waals surface area contributed by atoms with Crippen molar-refractivity contribution in [1.29, 1.82) is 0 Å². The van der Waals surface area contributed by atoms with Gasteiger partial charge in [-0.15, -0.1) is 0 Å². The number of nitrogens with zero attached hydrogens (tertiary/aromatic N) is 1. The van der Waals surface area contributed by atoms with E-state index in [1.165, 1.54) is 7.11 Å². The number of fused-ring (bicyclic) bond motifs is 1. The molecule has 7 nitrogen and oxygen atoms in total. The van der Waals surface area contributed by atoms with Gasteiger partial charge in [-0.1, -0.05) is 60.7 Å². The monoisotopic (exact) mass is 632 g/mol. The number of methoxy groups -OCH3 is 3. The molecule has 0 fully saturated rings. The quantitative estimate of drug-likeness (QED) is 0.140. The number of aryl methyl sites for hydroxylation is 1. The van der Waals surface area contributed by atoms with Gasteiger partial charge in [0.25, 0.3) is 0 Å². The summed E-state index contributed by atoms with van der Waals surface area (Å²) in [5.74, 6) is 1.71. The van der Waals surface area contributed by atoms with E-state index in [4.69, 9.17) is 23.7 Å². The Bertz CT molecular complexity index is 1780. The van der Waals surface area contributed by atoms with E-state index in [0.29, 0.717) is 40.9 Å². The van der Waals surface area contributed by atoms with E-state index in [1.54, 1.807) is 32.4 Å². The van der Waals surface area contributed by atoms with Crippen LogP contribution in [0.4, 0.5) is 19.0 Å². The normalized spacial score (nSPS) is 11.3. The van der Waals surface area contributed by atoms with Gasteiger partial charge in [0.1, 0.15) is 24.6 Å². The van der Waals surface area contributed by atoms with Crippen molar-refractivity contribution in [2.45, 2.75) is 32.7 Å². The summed E-state index contributed by atoms with van der Waals surface area (Å²) in [6.07, 6.45) is -4.41. The van der Waals surface area contributed by atoms with Crippen molar-refractivity contribution in [3.05, 3.63) is 113 Å². The molecule has 0 amide bonds. The number of aromatic nitrogens is 1. The largest absolute Gasteiger partial charge is 0.493 e. The summed E-state index contributed by atoms with van der Waals surface area (Å²) in [5.41, 5.74) is 1.79. The summed E-state index contributed by atoms with van der Waals surface area (Å²) in [5, 5.41) is 4.83. The molecule has 1 heterocycles. The zero-order chi connectivity index (χ0) is 32.7. The molecule has 4 aromatic carbocycles. The molecule has 5 rings (SSSR count). The number of rotatable bonds is 13. The third-order valence-electron chi connectivity index (χ3n) is 7.41. The van der Waals surface area contributed by atoms with Crippen molar-refractivity contribution in [3.63, 3.8) is 0 Å². The smallest absolute Gasteiger partial charge is 0.420 e. The summed E-state index contributed by atoms with van der Waals surface area (Å²) in [7, 11) is 4.63. The van der Waals surface area contributed by atoms with Crippen LogP contribution in [0.3, 0.4) is 0 Å². The van der Waals surface area contributed by atoms with Gasteiger partial charge in [-0.3, -0.25) is 0 Å². The van der Waals surface area contributed by atoms with Crippen LogP contribution < -0.4 is 29.0 Å². The minimum atomic E-state index is -4.67. The summed E-state index contributed by atoms with van der Waals surface area (Å²) >= 11 is 0. The Morgan fingerprint density at radius 3 is 1.89 bits per heavy atom. The average molecular weight is 633 g/mol. The second-order valence-corrected chi connectivity index (χ2v) is 10.5. The molecule has 0 radical (unpaired) electrons. The average Bonchev–Trinajstić information content (AvgIpc) is 3.06. The number of nitrogens with one attached hydrogen (secondary N) is 1. The molecule has 0 spiro atoms. The summed E-state index contributed by atoms with van der Waals surface area (Å²) < 4.78 is 71.8. The van der Waals surface area contributed by atoms with Crippen LogP contribution in [0.5, 0.6) is 28.7 Å². The molecule has 1 N–H and O–H groups in total. The maximum atomic E-state index is 14.5. The Labute approximate surface area is 265 Å². The zero-order valence-corrected chi connectivity index (χ0v) is 26.0. The number of halogens is 3. The highest BCUT2D eigenvalue weighted by atomic mass is 19.4. The number of pyridine rings is 1. The Balaban J connectivity index is 1.42. The molecular weight excluding hydrogens is 597 g/mol. The van der Waals surface area contributed by atoms with Gasteiger partial charge in [0.2, 0.25) is 5.75 Å². The van der Waals surface area contributed by atoms with E-state index in [9.17, 15) is 13.2 Å². The van der Waals surface area contributed by atoms with Gasteiger partial charge in [-0.05, 0) is 59.7 Å². The minimum Gasteiger partial charge on any atom is -0.493 e. The summed E-state index contributed by atoms with van der Waals surface area (Å²) in [4.78, 5) is 4.66. The van der Waals surface area contributed by atoms with Crippen LogP contribution in [0.15, 0.2) is 84.9 Å². The van der Waals surface area contributed by atoms with E-state index < -0.39 is 11.7 Å². The first-order valence-corrected chi connectivity index (χ1v) is 14.6. The summed E-state index contributed by atoms with van der Waals surface area (Å²) in [6.45, 7) is 2.20. The van der Waals surface area contributed by atoms with E-state index in [2.05, 4.69) is 10.3 Å². The SMILES string of the molecule is COc1cc2cc(NCCc3cc(OCc4ccccc4)c(OCc4ccccc4)c(C(F)(F)F)c3)nc(C)c2c(OC)c1OC. The van der Waals surface area contributed by atoms with Crippen molar-refractivity contribution in [3.8, 4) is 28.7 Å². The number of benzene rings is 4. The Morgan fingerprint density at radius 1 is 0.674 bits per heavy atom. The van der Waals surface area contributed by atoms with E-state index >= 15 is 0 Å². The second kappa shape index (κ2) is 14.3. The van der Waals surface area contributed by atoms with Gasteiger partial charge in [0, 0.05) is 11.9 Å². The van der Waals surface area contributed by atoms with Gasteiger partial charge in [-0.25, -0.2) is 4.98 Å². The molecule has 0 aliphatic carbocycles. The Hall–Kier alpha value is -5.12. The number of hydrogen-bond acceptors (Lipinski definition) is 7. The molecule has 0 saturated heterocycles. The summed E-state index contributed by atoms with van der Waals surface area (Å²) in [6, 6.07) is 24.7. The van der Waals surface area contributed by atoms with E-state index in [1.807, 2.05) is 67.6 Å². The lowest BCUT2D eigenvalue weighted by Gasteiger charge is -2.20. The molecule has 0 aliphatic rings. The van der Waals surface area contributed by atoms with E-state index in [-0.39, 0.29) is 31.1 Å². The van der Waals surface area contributed by atoms with Gasteiger partial charge in [-0.2, -0.15) is 13.2 Å². The van der Waals surface area contributed by atoms with Crippen molar-refractivity contribution in [2.75, 3.05) is 33.2 Å². The van der Waals surface area contributed by atoms with Crippen molar-refractivity contribution < 1.29 is 36.9 Å². The molecule has 0 bridgehead atoms. The molecule has 10 heteroatoms. The lowest BCUT2D eigenvalue weighted by Crippen LogP contribution is -2.13. The lowest BCUT2D eigenvalue weighted by molar-refractivity contribution is -0.139. The molecule has 0 unspecified atom stereocenters. The van der Waals surface area contributed by atoms with Crippen LogP contribution in [0.1, 0.15) is 27.9 Å². The third-order valence-corrected chi connectivity index (χ3v) is 7.41. The predicted octanol–water partition coefficient (Wildman–Crippen LogP) is 8.40. The first-order chi connectivity index (χ1) is 22.2. The molecular formula is C36H35F3N2O5. The fourth-order valence-electron chi connectivity index (χ4n) is 5.24. The molecule has 1 aromatic heterocycles. The van der Waals surface area contributed by atoms with Gasteiger partial charge >= 0.3 is 6.18 Å². The van der Waals surface area contributed by atoms with Crippen LogP contribution in [0, 0.1) is 6.92 Å². The highest BCUT2D eigenvalue weighted by Crippen LogP contribution is 2.45. The van der Waals surface area contributed by atoms with Gasteiger partial charge in [0.05, 0.1) is 27.0 Å². The first-order valence-electron chi connectivity index (χ1n) is 14.6. The van der Waals surface area contributed by atoms with Crippen LogP contribution in [-0.4, -0.2) is 32.9 Å². The number of alkyl halides is 3. The fraction of sp³-hybridized carbons (Fsp3) is 0.250. The predicted molar refractivity (Wildman–Crippen MR) is 171 cm³/mol. The first kappa shape index (κ1) is 32.3. The van der Waals surface area contributed by atoms with Gasteiger partial charge < -0.3 is 29.0 Å². The van der Waals surface area contributed by atoms with Gasteiger partial charge in [0.15, 0.2) is 23.0 Å². The second-order valence-electron chi connectivity index (χ2n) is 10.5. The van der Waals surface area contributed by atoms with Crippen LogP contribution in [0.2, 0.25) is 0 Å². The third kappa shape index (κ3) is 7.39. The zero-order valence-electron chi connectivity index (χ0n) is 26.0. The number of anilines is 1. The lowest BCUT2D eigenvalue weighted by atomic mass is 10.0. The standard InChI is InChI=1S/C36H35F3N2O5/c1-23-32-27(19-29(42-2)34(43-3)35(32)44-4)20-31(41-23)40-16-15-26-17-28(36(37,38)39)33(46-22-25-13-9-6-10-14-25)30(18-26)45-21-24-11-7-5-8-12-24/h5-14,17-20H,15-16,21-22H2,1-4H3,(H,40,41). The van der Waals surface area contributed by atoms with E-state index in [0.717, 1.165) is 28.0 Å². The van der Waals surface area contributed by atoms with Crippen molar-refractivity contribution >= 4 is 16.6 Å². The Kier molecular flexibility index (Phi) is 10.0. The topological polar surface area (TPSA) is 71.1 Å². The molecule has 240 valence electrons. The Morgan fingerprint density at radius 2 is 1.30 bits per heavy atom. The highest BCUT2D eigenvalue weighted by Gasteiger charge is 2.37. The maximum Gasteiger partial charge on any atom is 0.420 e. The van der Waals surface area contributed by atoms with Crippen LogP contribution >= 0.6 is 0 Å². The minimum absolute atomic E-state index is 0.0254. The van der Waals surface area contributed by atoms with Crippen molar-refractivity contribution in [2.24, 2.45) is 0 Å². The van der Waals surface area contributed by atoms with Crippen LogP contribution in [0.25, 0.3) is 10.8 Å².